The molecule has 0 heterocycles. The molecule has 0 radical (unpaired) electrons. The van der Waals surface area contributed by atoms with E-state index in [-0.39, 0.29) is 0 Å². The Balaban J connectivity index is 2.18. The normalized spacial score (nSPS) is 10.4. The van der Waals surface area contributed by atoms with Gasteiger partial charge in [-0.3, -0.25) is 0 Å². The number of hydrogen-bond acceptors (Lipinski definition) is 2. The number of rotatable bonds is 6. The average molecular weight is 258 g/mol. The van der Waals surface area contributed by atoms with Gasteiger partial charge in [0.1, 0.15) is 0 Å². The molecule has 1 aromatic rings. The number of halogens is 1. The summed E-state index contributed by atoms with van der Waals surface area (Å²) >= 11 is 3.45. The molecule has 1 aromatic carbocycles. The summed E-state index contributed by atoms with van der Waals surface area (Å²) in [6, 6.07) is 8.34. The van der Waals surface area contributed by atoms with Gasteiger partial charge in [-0.2, -0.15) is 0 Å². The van der Waals surface area contributed by atoms with Gasteiger partial charge in [-0.25, -0.2) is 0 Å². The van der Waals surface area contributed by atoms with Crippen molar-refractivity contribution in [2.45, 2.75) is 13.0 Å². The zero-order valence-corrected chi connectivity index (χ0v) is 10.0. The molecule has 1 N–H and O–H groups in total. The lowest BCUT2D eigenvalue weighted by atomic mass is 10.2. The van der Waals surface area contributed by atoms with Crippen LogP contribution in [0.4, 0.5) is 0 Å². The number of methoxy groups -OCH3 is 1. The third-order valence-corrected chi connectivity index (χ3v) is 2.41. The lowest BCUT2D eigenvalue weighted by Gasteiger charge is -2.04. The smallest absolute Gasteiger partial charge is 0.0474 e. The van der Waals surface area contributed by atoms with Gasteiger partial charge < -0.3 is 10.1 Å². The summed E-state index contributed by atoms with van der Waals surface area (Å²) in [6.07, 6.45) is 1.06. The van der Waals surface area contributed by atoms with Gasteiger partial charge in [-0.1, -0.05) is 28.1 Å². The van der Waals surface area contributed by atoms with E-state index in [0.29, 0.717) is 0 Å². The molecule has 0 spiro atoms. The second-order valence-corrected chi connectivity index (χ2v) is 4.07. The number of ether oxygens (including phenoxy) is 1. The molecule has 0 aliphatic heterocycles. The molecule has 14 heavy (non-hydrogen) atoms. The van der Waals surface area contributed by atoms with Crippen molar-refractivity contribution in [3.63, 3.8) is 0 Å². The Morgan fingerprint density at radius 2 is 2.29 bits per heavy atom. The second kappa shape index (κ2) is 6.98. The maximum Gasteiger partial charge on any atom is 0.0474 e. The van der Waals surface area contributed by atoms with Crippen LogP contribution in [0.5, 0.6) is 0 Å². The highest BCUT2D eigenvalue weighted by Crippen LogP contribution is 2.11. The van der Waals surface area contributed by atoms with Crippen molar-refractivity contribution in [1.82, 2.24) is 5.32 Å². The molecule has 0 bridgehead atoms. The lowest BCUT2D eigenvalue weighted by Crippen LogP contribution is -2.15. The van der Waals surface area contributed by atoms with Crippen molar-refractivity contribution in [2.24, 2.45) is 0 Å². The maximum atomic E-state index is 4.97. The fraction of sp³-hybridized carbons (Fsp3) is 0.455. The van der Waals surface area contributed by atoms with Gasteiger partial charge in [-0.15, -0.1) is 0 Å². The van der Waals surface area contributed by atoms with Crippen molar-refractivity contribution < 1.29 is 4.74 Å². The quantitative estimate of drug-likeness (QED) is 0.792. The number of nitrogens with one attached hydrogen (secondary N) is 1. The van der Waals surface area contributed by atoms with Crippen molar-refractivity contribution in [3.8, 4) is 0 Å². The zero-order valence-electron chi connectivity index (χ0n) is 8.42. The van der Waals surface area contributed by atoms with Gasteiger partial charge in [0, 0.05) is 24.7 Å². The van der Waals surface area contributed by atoms with E-state index >= 15 is 0 Å². The van der Waals surface area contributed by atoms with Crippen molar-refractivity contribution in [2.75, 3.05) is 20.3 Å². The van der Waals surface area contributed by atoms with Crippen LogP contribution in [-0.4, -0.2) is 20.3 Å². The summed E-state index contributed by atoms with van der Waals surface area (Å²) in [5, 5.41) is 3.36. The Labute approximate surface area is 93.8 Å². The molecule has 0 aliphatic carbocycles. The Kier molecular flexibility index (Phi) is 5.83. The maximum absolute atomic E-state index is 4.97. The van der Waals surface area contributed by atoms with Gasteiger partial charge in [0.2, 0.25) is 0 Å². The summed E-state index contributed by atoms with van der Waals surface area (Å²) in [6.45, 7) is 2.75. The third-order valence-electron chi connectivity index (χ3n) is 1.92. The van der Waals surface area contributed by atoms with Gasteiger partial charge in [0.05, 0.1) is 0 Å². The standard InChI is InChI=1S/C11H16BrNO/c1-14-7-3-6-13-9-10-4-2-5-11(12)8-10/h2,4-5,8,13H,3,6-7,9H2,1H3. The van der Waals surface area contributed by atoms with Crippen molar-refractivity contribution in [1.29, 1.82) is 0 Å². The van der Waals surface area contributed by atoms with E-state index in [1.165, 1.54) is 5.56 Å². The fourth-order valence-electron chi connectivity index (χ4n) is 1.22. The van der Waals surface area contributed by atoms with Crippen LogP contribution in [0.2, 0.25) is 0 Å². The predicted octanol–water partition coefficient (Wildman–Crippen LogP) is 2.58. The molecule has 0 saturated heterocycles. The van der Waals surface area contributed by atoms with Gasteiger partial charge in [-0.05, 0) is 30.7 Å². The van der Waals surface area contributed by atoms with Gasteiger partial charge in [0.15, 0.2) is 0 Å². The molecular weight excluding hydrogens is 242 g/mol. The van der Waals surface area contributed by atoms with Crippen molar-refractivity contribution >= 4 is 15.9 Å². The molecule has 0 aliphatic rings. The molecule has 2 nitrogen and oxygen atoms in total. The highest BCUT2D eigenvalue weighted by atomic mass is 79.9. The number of benzene rings is 1. The molecule has 0 unspecified atom stereocenters. The van der Waals surface area contributed by atoms with Crippen LogP contribution >= 0.6 is 15.9 Å². The topological polar surface area (TPSA) is 21.3 Å². The SMILES string of the molecule is COCCCNCc1cccc(Br)c1. The Hall–Kier alpha value is -0.380. The molecule has 0 fully saturated rings. The zero-order chi connectivity index (χ0) is 10.2. The Bertz CT molecular complexity index is 265. The van der Waals surface area contributed by atoms with E-state index in [1.54, 1.807) is 7.11 Å². The molecule has 78 valence electrons. The summed E-state index contributed by atoms with van der Waals surface area (Å²) in [7, 11) is 1.73. The molecule has 0 atom stereocenters. The van der Waals surface area contributed by atoms with E-state index in [2.05, 4.69) is 39.4 Å². The van der Waals surface area contributed by atoms with Gasteiger partial charge >= 0.3 is 0 Å². The Morgan fingerprint density at radius 3 is 3.00 bits per heavy atom. The third kappa shape index (κ3) is 4.74. The van der Waals surface area contributed by atoms with E-state index in [1.807, 2.05) is 6.07 Å². The first-order valence-corrected chi connectivity index (χ1v) is 5.56. The Morgan fingerprint density at radius 1 is 1.43 bits per heavy atom. The summed E-state index contributed by atoms with van der Waals surface area (Å²) in [5.41, 5.74) is 1.30. The highest BCUT2D eigenvalue weighted by molar-refractivity contribution is 9.10. The molecular formula is C11H16BrNO. The molecule has 0 saturated carbocycles. The first kappa shape index (κ1) is 11.7. The average Bonchev–Trinajstić information content (AvgIpc) is 2.18. The molecule has 1 rings (SSSR count). The minimum Gasteiger partial charge on any atom is -0.385 e. The minimum absolute atomic E-state index is 0.825. The van der Waals surface area contributed by atoms with Crippen LogP contribution in [-0.2, 0) is 11.3 Å². The van der Waals surface area contributed by atoms with Gasteiger partial charge in [0.25, 0.3) is 0 Å². The molecule has 0 aromatic heterocycles. The van der Waals surface area contributed by atoms with E-state index in [0.717, 1.165) is 30.6 Å². The lowest BCUT2D eigenvalue weighted by molar-refractivity contribution is 0.194. The summed E-state index contributed by atoms with van der Waals surface area (Å²) in [5.74, 6) is 0. The van der Waals surface area contributed by atoms with Crippen LogP contribution in [0, 0.1) is 0 Å². The predicted molar refractivity (Wildman–Crippen MR) is 62.3 cm³/mol. The van der Waals surface area contributed by atoms with E-state index in [4.69, 9.17) is 4.74 Å². The largest absolute Gasteiger partial charge is 0.385 e. The fourth-order valence-corrected chi connectivity index (χ4v) is 1.67. The highest BCUT2D eigenvalue weighted by Gasteiger charge is 1.93. The monoisotopic (exact) mass is 257 g/mol. The van der Waals surface area contributed by atoms with Crippen LogP contribution in [0.25, 0.3) is 0 Å². The summed E-state index contributed by atoms with van der Waals surface area (Å²) in [4.78, 5) is 0. The van der Waals surface area contributed by atoms with E-state index < -0.39 is 0 Å². The summed E-state index contributed by atoms with van der Waals surface area (Å²) < 4.78 is 6.10. The minimum atomic E-state index is 0.825. The second-order valence-electron chi connectivity index (χ2n) is 3.15. The van der Waals surface area contributed by atoms with Crippen molar-refractivity contribution in [3.05, 3.63) is 34.3 Å². The van der Waals surface area contributed by atoms with Crippen LogP contribution in [0.1, 0.15) is 12.0 Å². The van der Waals surface area contributed by atoms with E-state index in [9.17, 15) is 0 Å². The van der Waals surface area contributed by atoms with Crippen LogP contribution < -0.4 is 5.32 Å². The molecule has 0 amide bonds. The first-order chi connectivity index (χ1) is 6.83. The molecule has 3 heteroatoms. The number of hydrogen-bond donors (Lipinski definition) is 1. The van der Waals surface area contributed by atoms with Crippen LogP contribution in [0.15, 0.2) is 28.7 Å². The van der Waals surface area contributed by atoms with Crippen LogP contribution in [0.3, 0.4) is 0 Å². The first-order valence-electron chi connectivity index (χ1n) is 4.77.